The van der Waals surface area contributed by atoms with Gasteiger partial charge in [-0.1, -0.05) is 0 Å². The number of morpholine rings is 1. The first-order valence-electron chi connectivity index (χ1n) is 8.77. The van der Waals surface area contributed by atoms with Crippen molar-refractivity contribution in [3.63, 3.8) is 0 Å². The molecule has 2 saturated heterocycles. The number of ether oxygens (including phenoxy) is 2. The number of nitrogens with zero attached hydrogens (tertiary/aromatic N) is 3. The summed E-state index contributed by atoms with van der Waals surface area (Å²) in [6, 6.07) is 0.0324. The van der Waals surface area contributed by atoms with Crippen molar-refractivity contribution in [3.05, 3.63) is 0 Å². The molecule has 2 heterocycles. The quantitative estimate of drug-likeness (QED) is 0.755. The number of carbonyl (C=O) groups excluding carboxylic acids is 2. The summed E-state index contributed by atoms with van der Waals surface area (Å²) in [5.74, 6) is 0.142. The fourth-order valence-electron chi connectivity index (χ4n) is 3.10. The van der Waals surface area contributed by atoms with Crippen LogP contribution in [0.5, 0.6) is 0 Å². The van der Waals surface area contributed by atoms with Crippen molar-refractivity contribution < 1.29 is 19.1 Å². The van der Waals surface area contributed by atoms with E-state index in [1.54, 1.807) is 4.90 Å². The van der Waals surface area contributed by atoms with E-state index in [4.69, 9.17) is 9.47 Å². The number of carbonyl (C=O) groups is 2. The maximum absolute atomic E-state index is 12.4. The van der Waals surface area contributed by atoms with Gasteiger partial charge in [0.1, 0.15) is 5.60 Å². The van der Waals surface area contributed by atoms with Crippen molar-refractivity contribution in [2.45, 2.75) is 52.4 Å². The number of hydrogen-bond acceptors (Lipinski definition) is 5. The van der Waals surface area contributed by atoms with Crippen molar-refractivity contribution in [1.29, 1.82) is 0 Å². The zero-order valence-electron chi connectivity index (χ0n) is 15.6. The van der Waals surface area contributed by atoms with Gasteiger partial charge in [0.15, 0.2) is 0 Å². The highest BCUT2D eigenvalue weighted by Crippen LogP contribution is 2.16. The Balaban J connectivity index is 1.82. The first kappa shape index (κ1) is 19.0. The summed E-state index contributed by atoms with van der Waals surface area (Å²) in [6.45, 7) is 13.9. The molecule has 2 fully saturated rings. The summed E-state index contributed by atoms with van der Waals surface area (Å²) in [7, 11) is 0. The lowest BCUT2D eigenvalue weighted by molar-refractivity contribution is -0.139. The molecule has 138 valence electrons. The van der Waals surface area contributed by atoms with Crippen LogP contribution < -0.4 is 0 Å². The first-order chi connectivity index (χ1) is 11.2. The summed E-state index contributed by atoms with van der Waals surface area (Å²) >= 11 is 0. The monoisotopic (exact) mass is 341 g/mol. The molecule has 7 nitrogen and oxygen atoms in total. The van der Waals surface area contributed by atoms with E-state index in [2.05, 4.69) is 4.90 Å². The lowest BCUT2D eigenvalue weighted by Crippen LogP contribution is -2.57. The van der Waals surface area contributed by atoms with E-state index in [-0.39, 0.29) is 24.1 Å². The van der Waals surface area contributed by atoms with Crippen LogP contribution in [0.25, 0.3) is 0 Å². The van der Waals surface area contributed by atoms with E-state index in [1.807, 2.05) is 39.5 Å². The summed E-state index contributed by atoms with van der Waals surface area (Å²) in [6.07, 6.45) is -0.173. The van der Waals surface area contributed by atoms with E-state index in [0.29, 0.717) is 45.9 Å². The number of amides is 2. The molecule has 0 aromatic carbocycles. The molecule has 2 rings (SSSR count). The Bertz CT molecular complexity index is 463. The summed E-state index contributed by atoms with van der Waals surface area (Å²) in [4.78, 5) is 30.4. The van der Waals surface area contributed by atoms with E-state index in [1.165, 1.54) is 0 Å². The second-order valence-electron chi connectivity index (χ2n) is 7.78. The van der Waals surface area contributed by atoms with Crippen LogP contribution in [0.1, 0.15) is 34.6 Å². The molecular weight excluding hydrogens is 310 g/mol. The molecule has 2 unspecified atom stereocenters. The van der Waals surface area contributed by atoms with E-state index in [0.717, 1.165) is 0 Å². The maximum atomic E-state index is 12.4. The van der Waals surface area contributed by atoms with Crippen molar-refractivity contribution in [2.24, 2.45) is 0 Å². The van der Waals surface area contributed by atoms with Gasteiger partial charge in [0, 0.05) is 38.8 Å². The minimum Gasteiger partial charge on any atom is -0.444 e. The third kappa shape index (κ3) is 5.34. The smallest absolute Gasteiger partial charge is 0.410 e. The second kappa shape index (κ2) is 7.70. The number of piperazine rings is 1. The van der Waals surface area contributed by atoms with Gasteiger partial charge in [0.25, 0.3) is 0 Å². The Hall–Kier alpha value is -1.34. The predicted molar refractivity (Wildman–Crippen MR) is 90.8 cm³/mol. The second-order valence-corrected chi connectivity index (χ2v) is 7.78. The third-order valence-electron chi connectivity index (χ3n) is 4.29. The van der Waals surface area contributed by atoms with Gasteiger partial charge in [-0.25, -0.2) is 4.79 Å². The molecule has 2 atom stereocenters. The summed E-state index contributed by atoms with van der Waals surface area (Å²) in [5.41, 5.74) is -0.489. The lowest BCUT2D eigenvalue weighted by Gasteiger charge is -2.40. The average Bonchev–Trinajstić information content (AvgIpc) is 2.45. The average molecular weight is 341 g/mol. The zero-order valence-corrected chi connectivity index (χ0v) is 15.6. The highest BCUT2D eigenvalue weighted by Gasteiger charge is 2.32. The fourth-order valence-corrected chi connectivity index (χ4v) is 3.10. The molecule has 0 bridgehead atoms. The van der Waals surface area contributed by atoms with Crippen LogP contribution in [-0.4, -0.2) is 90.3 Å². The predicted octanol–water partition coefficient (Wildman–Crippen LogP) is 1.17. The molecule has 2 aliphatic rings. The molecule has 0 N–H and O–H groups in total. The molecule has 2 amide bonds. The molecule has 0 saturated carbocycles. The Morgan fingerprint density at radius 1 is 1.12 bits per heavy atom. The Morgan fingerprint density at radius 3 is 2.42 bits per heavy atom. The molecule has 0 aromatic heterocycles. The van der Waals surface area contributed by atoms with Crippen LogP contribution >= 0.6 is 0 Å². The van der Waals surface area contributed by atoms with Crippen LogP contribution in [0.3, 0.4) is 0 Å². The summed E-state index contributed by atoms with van der Waals surface area (Å²) in [5, 5.41) is 0. The Morgan fingerprint density at radius 2 is 1.83 bits per heavy atom. The molecule has 2 aliphatic heterocycles. The van der Waals surface area contributed by atoms with Gasteiger partial charge in [-0.2, -0.15) is 0 Å². The van der Waals surface area contributed by atoms with Gasteiger partial charge in [-0.3, -0.25) is 9.69 Å². The lowest BCUT2D eigenvalue weighted by atomic mass is 10.2. The van der Waals surface area contributed by atoms with Crippen molar-refractivity contribution >= 4 is 12.0 Å². The molecule has 24 heavy (non-hydrogen) atoms. The van der Waals surface area contributed by atoms with Gasteiger partial charge in [-0.05, 0) is 34.6 Å². The Kier molecular flexibility index (Phi) is 6.09. The van der Waals surface area contributed by atoms with Gasteiger partial charge in [-0.15, -0.1) is 0 Å². The van der Waals surface area contributed by atoms with E-state index in [9.17, 15) is 9.59 Å². The fraction of sp³-hybridized carbons (Fsp3) is 0.882. The van der Waals surface area contributed by atoms with Crippen LogP contribution in [0, 0.1) is 0 Å². The Labute approximate surface area is 144 Å². The zero-order chi connectivity index (χ0) is 17.9. The standard InChI is InChI=1S/C17H31N3O4/c1-13-10-18(6-7-20(13)16(22)24-17(3,4)5)12-15(21)19-8-9-23-14(2)11-19/h13-14H,6-12H2,1-5H3. The molecule has 0 aromatic rings. The van der Waals surface area contributed by atoms with Gasteiger partial charge >= 0.3 is 6.09 Å². The van der Waals surface area contributed by atoms with Crippen LogP contribution in [0.15, 0.2) is 0 Å². The highest BCUT2D eigenvalue weighted by molar-refractivity contribution is 5.78. The number of rotatable bonds is 2. The van der Waals surface area contributed by atoms with Gasteiger partial charge in [0.2, 0.25) is 5.91 Å². The van der Waals surface area contributed by atoms with Gasteiger partial charge < -0.3 is 19.3 Å². The molecule has 0 radical (unpaired) electrons. The largest absolute Gasteiger partial charge is 0.444 e. The topological polar surface area (TPSA) is 62.3 Å². The van der Waals surface area contributed by atoms with Gasteiger partial charge in [0.05, 0.1) is 19.3 Å². The molecule has 7 heteroatoms. The van der Waals surface area contributed by atoms with Crippen LogP contribution in [0.2, 0.25) is 0 Å². The third-order valence-corrected chi connectivity index (χ3v) is 4.29. The molecule has 0 spiro atoms. The maximum Gasteiger partial charge on any atom is 0.410 e. The SMILES string of the molecule is CC1CN(C(=O)CN2CCN(C(=O)OC(C)(C)C)C(C)C2)CCO1. The summed E-state index contributed by atoms with van der Waals surface area (Å²) < 4.78 is 10.9. The normalized spacial score (nSPS) is 26.4. The van der Waals surface area contributed by atoms with Crippen LogP contribution in [0.4, 0.5) is 4.79 Å². The highest BCUT2D eigenvalue weighted by atomic mass is 16.6. The molecule has 0 aliphatic carbocycles. The van der Waals surface area contributed by atoms with Crippen molar-refractivity contribution in [1.82, 2.24) is 14.7 Å². The van der Waals surface area contributed by atoms with Crippen molar-refractivity contribution in [3.8, 4) is 0 Å². The minimum atomic E-state index is -0.489. The molecular formula is C17H31N3O4. The van der Waals surface area contributed by atoms with E-state index >= 15 is 0 Å². The van der Waals surface area contributed by atoms with Crippen LogP contribution in [-0.2, 0) is 14.3 Å². The van der Waals surface area contributed by atoms with E-state index < -0.39 is 5.60 Å². The number of hydrogen-bond donors (Lipinski definition) is 0. The van der Waals surface area contributed by atoms with Crippen molar-refractivity contribution in [2.75, 3.05) is 45.9 Å². The minimum absolute atomic E-state index is 0.0324. The first-order valence-corrected chi connectivity index (χ1v) is 8.77.